The third kappa shape index (κ3) is 9.60. The van der Waals surface area contributed by atoms with Crippen molar-refractivity contribution in [2.75, 3.05) is 0 Å². The summed E-state index contributed by atoms with van der Waals surface area (Å²) >= 11 is 0. The van der Waals surface area contributed by atoms with Gasteiger partial charge in [-0.25, -0.2) is 0 Å². The summed E-state index contributed by atoms with van der Waals surface area (Å²) in [6.07, 6.45) is 0. The van der Waals surface area contributed by atoms with Crippen LogP contribution in [0.1, 0.15) is 152 Å². The summed E-state index contributed by atoms with van der Waals surface area (Å²) in [6, 6.07) is 40.8. The van der Waals surface area contributed by atoms with Crippen molar-refractivity contribution < 1.29 is 30.9 Å². The van der Waals surface area contributed by atoms with Crippen molar-refractivity contribution in [2.24, 2.45) is 0 Å². The summed E-state index contributed by atoms with van der Waals surface area (Å²) in [6.45, 7) is 29.1. The first-order valence-electron chi connectivity index (χ1n) is 20.8. The van der Waals surface area contributed by atoms with Gasteiger partial charge in [-0.2, -0.15) is 0 Å². The molecule has 1 aromatic heterocycles. The number of phenolic OH excluding ortho intramolecular Hbond substituents is 1. The Balaban J connectivity index is 0.00000641. The van der Waals surface area contributed by atoms with Crippen molar-refractivity contribution in [3.63, 3.8) is 0 Å². The number of pyridine rings is 1. The number of benzene rings is 5. The topological polar surface area (TPSA) is 47.2 Å². The second kappa shape index (κ2) is 17.9. The quantitative estimate of drug-likeness (QED) is 0.139. The van der Waals surface area contributed by atoms with Gasteiger partial charge in [0.15, 0.2) is 0 Å². The van der Waals surface area contributed by atoms with Crippen LogP contribution < -0.4 is 0 Å². The summed E-state index contributed by atoms with van der Waals surface area (Å²) in [5, 5.41) is 18.0. The molecular formula is C54H63HfN2O-. The molecule has 6 rings (SSSR count). The van der Waals surface area contributed by atoms with Gasteiger partial charge in [-0.3, -0.25) is 4.98 Å². The van der Waals surface area contributed by atoms with E-state index in [0.717, 1.165) is 50.5 Å². The minimum atomic E-state index is -0.320. The van der Waals surface area contributed by atoms with E-state index in [1.54, 1.807) is 0 Å². The molecule has 0 radical (unpaired) electrons. The van der Waals surface area contributed by atoms with E-state index in [4.69, 9.17) is 10.3 Å². The maximum Gasteiger partial charge on any atom is 0.131 e. The van der Waals surface area contributed by atoms with Crippen LogP contribution >= 0.6 is 0 Å². The molecule has 1 atom stereocenters. The van der Waals surface area contributed by atoms with Gasteiger partial charge in [0.05, 0.1) is 5.69 Å². The zero-order valence-electron chi connectivity index (χ0n) is 37.1. The van der Waals surface area contributed by atoms with Crippen molar-refractivity contribution >= 4 is 5.69 Å². The summed E-state index contributed by atoms with van der Waals surface area (Å²) in [7, 11) is 0. The van der Waals surface area contributed by atoms with E-state index in [9.17, 15) is 5.11 Å². The van der Waals surface area contributed by atoms with Gasteiger partial charge in [-0.1, -0.05) is 191 Å². The number of nitrogens with zero attached hydrogens (tertiary/aromatic N) is 2. The summed E-state index contributed by atoms with van der Waals surface area (Å²) in [5.41, 5.74) is 15.8. The fourth-order valence-corrected chi connectivity index (χ4v) is 7.92. The van der Waals surface area contributed by atoms with E-state index in [-0.39, 0.29) is 48.5 Å². The SMILES string of the molecule is Cc1cc(-c2cc(C(C)(C)C)cc(C(C)(C)C)c2)c(O)c(-c2ccccc2-c2cccc(C([N-]c3c(C(C)C)cccc3C(C)C)c3ccccc3C(C)C)n2)c1.[Hf]. The van der Waals surface area contributed by atoms with Crippen molar-refractivity contribution in [2.45, 2.75) is 125 Å². The van der Waals surface area contributed by atoms with Crippen LogP contribution in [-0.2, 0) is 36.7 Å². The van der Waals surface area contributed by atoms with E-state index in [1.807, 2.05) is 0 Å². The first-order chi connectivity index (χ1) is 26.8. The first kappa shape index (κ1) is 44.8. The third-order valence-corrected chi connectivity index (χ3v) is 11.3. The van der Waals surface area contributed by atoms with Crippen LogP contribution in [0.4, 0.5) is 5.69 Å². The number of phenols is 1. The van der Waals surface area contributed by atoms with Gasteiger partial charge in [0.25, 0.3) is 0 Å². The maximum absolute atomic E-state index is 12.3. The van der Waals surface area contributed by atoms with Crippen LogP contribution in [0.15, 0.2) is 115 Å². The molecule has 0 saturated heterocycles. The molecule has 58 heavy (non-hydrogen) atoms. The Kier molecular flexibility index (Phi) is 13.8. The van der Waals surface area contributed by atoms with Crippen molar-refractivity contribution in [3.05, 3.63) is 165 Å². The fraction of sp³-hybridized carbons (Fsp3) is 0.352. The summed E-state index contributed by atoms with van der Waals surface area (Å²) < 4.78 is 0. The Morgan fingerprint density at radius 2 is 1.00 bits per heavy atom. The molecule has 0 fully saturated rings. The van der Waals surface area contributed by atoms with E-state index in [0.29, 0.717) is 17.8 Å². The minimum absolute atomic E-state index is 0. The molecule has 0 bridgehead atoms. The van der Waals surface area contributed by atoms with Gasteiger partial charge in [0, 0.05) is 48.2 Å². The van der Waals surface area contributed by atoms with Crippen molar-refractivity contribution in [3.8, 4) is 39.3 Å². The van der Waals surface area contributed by atoms with Gasteiger partial charge in [0.1, 0.15) is 5.75 Å². The van der Waals surface area contributed by atoms with Crippen LogP contribution in [-0.4, -0.2) is 10.1 Å². The van der Waals surface area contributed by atoms with Gasteiger partial charge < -0.3 is 10.4 Å². The van der Waals surface area contributed by atoms with Crippen LogP contribution in [0.5, 0.6) is 5.75 Å². The molecule has 3 nitrogen and oxygen atoms in total. The molecule has 300 valence electrons. The average molecular weight is 935 g/mol. The smallest absolute Gasteiger partial charge is 0.131 e. The predicted molar refractivity (Wildman–Crippen MR) is 244 cm³/mol. The molecular weight excluding hydrogens is 871 g/mol. The Morgan fingerprint density at radius 3 is 1.55 bits per heavy atom. The Morgan fingerprint density at radius 1 is 0.517 bits per heavy atom. The number of aromatic nitrogens is 1. The number of aryl methyl sites for hydroxylation is 1. The van der Waals surface area contributed by atoms with Gasteiger partial charge in [-0.05, 0) is 99.2 Å². The standard InChI is InChI=1S/C54H63N2O.Hf/c1-33(2)40-20-14-17-23-45(40)51(56-50-41(34(3)4)24-18-25-42(50)35(5)6)49-27-19-26-48(55-49)44-22-16-15-21-43(44)47-29-36(7)28-46(52(47)57)37-30-38(53(8,9)10)32-39(31-37)54(11,12)13;/h14-35,51H,1-13H3,(H,55,57);/q-1;. The normalized spacial score (nSPS) is 12.6. The number of hydrogen-bond acceptors (Lipinski definition) is 2. The summed E-state index contributed by atoms with van der Waals surface area (Å²) in [5.74, 6) is 1.23. The molecule has 0 spiro atoms. The third-order valence-electron chi connectivity index (χ3n) is 11.3. The van der Waals surface area contributed by atoms with Crippen LogP contribution in [0, 0.1) is 6.92 Å². The predicted octanol–water partition coefficient (Wildman–Crippen LogP) is 15.9. The minimum Gasteiger partial charge on any atom is -0.673 e. The number of hydrogen-bond donors (Lipinski definition) is 1. The van der Waals surface area contributed by atoms with E-state index < -0.39 is 0 Å². The zero-order valence-corrected chi connectivity index (χ0v) is 40.7. The monoisotopic (exact) mass is 935 g/mol. The molecule has 1 N–H and O–H groups in total. The molecule has 0 saturated carbocycles. The van der Waals surface area contributed by atoms with Gasteiger partial charge >= 0.3 is 0 Å². The number of aromatic hydroxyl groups is 1. The molecule has 1 heterocycles. The van der Waals surface area contributed by atoms with Crippen LogP contribution in [0.3, 0.4) is 0 Å². The largest absolute Gasteiger partial charge is 0.673 e. The van der Waals surface area contributed by atoms with Crippen LogP contribution in [0.25, 0.3) is 38.8 Å². The Bertz CT molecular complexity index is 2310. The van der Waals surface area contributed by atoms with Crippen molar-refractivity contribution in [1.82, 2.24) is 4.98 Å². The summed E-state index contributed by atoms with van der Waals surface area (Å²) in [4.78, 5) is 5.49. The van der Waals surface area contributed by atoms with Gasteiger partial charge in [-0.15, -0.1) is 5.69 Å². The number of para-hydroxylation sites is 1. The second-order valence-electron chi connectivity index (χ2n) is 18.9. The molecule has 0 amide bonds. The average Bonchev–Trinajstić information content (AvgIpc) is 3.16. The van der Waals surface area contributed by atoms with E-state index in [1.165, 1.54) is 33.4 Å². The molecule has 4 heteroatoms. The molecule has 0 aliphatic heterocycles. The van der Waals surface area contributed by atoms with Crippen molar-refractivity contribution in [1.29, 1.82) is 0 Å². The molecule has 5 aromatic carbocycles. The second-order valence-corrected chi connectivity index (χ2v) is 18.9. The Hall–Kier alpha value is -4.28. The molecule has 0 aliphatic carbocycles. The molecule has 0 aliphatic rings. The van der Waals surface area contributed by atoms with Crippen LogP contribution in [0.2, 0.25) is 0 Å². The van der Waals surface area contributed by atoms with E-state index in [2.05, 4.69) is 205 Å². The van der Waals surface area contributed by atoms with E-state index >= 15 is 0 Å². The molecule has 6 aromatic rings. The molecule has 1 unspecified atom stereocenters. The Labute approximate surface area is 368 Å². The first-order valence-corrected chi connectivity index (χ1v) is 20.8. The maximum atomic E-state index is 12.3. The fourth-order valence-electron chi connectivity index (χ4n) is 7.92. The zero-order chi connectivity index (χ0) is 41.4. The number of rotatable bonds is 10. The van der Waals surface area contributed by atoms with Gasteiger partial charge in [0.2, 0.25) is 0 Å².